The summed E-state index contributed by atoms with van der Waals surface area (Å²) in [4.78, 5) is 18.6. The van der Waals surface area contributed by atoms with E-state index >= 15 is 0 Å². The lowest BCUT2D eigenvalue weighted by molar-refractivity contribution is -0.137. The maximum Gasteiger partial charge on any atom is 0.305 e. The molecule has 0 radical (unpaired) electrons. The fourth-order valence-corrected chi connectivity index (χ4v) is 1.67. The zero-order valence-electron chi connectivity index (χ0n) is 9.13. The first kappa shape index (κ1) is 11.3. The third-order valence-electron chi connectivity index (χ3n) is 2.69. The maximum absolute atomic E-state index is 10.7. The molecule has 2 N–H and O–H groups in total. The lowest BCUT2D eigenvalue weighted by Crippen LogP contribution is -2.25. The van der Waals surface area contributed by atoms with Gasteiger partial charge in [-0.15, -0.1) is 0 Å². The Morgan fingerprint density at radius 1 is 1.59 bits per heavy atom. The molecule has 6 nitrogen and oxygen atoms in total. The van der Waals surface area contributed by atoms with Crippen molar-refractivity contribution < 1.29 is 9.90 Å². The summed E-state index contributed by atoms with van der Waals surface area (Å²) < 4.78 is 0. The van der Waals surface area contributed by atoms with Gasteiger partial charge in [0, 0.05) is 6.04 Å². The molecule has 1 atom stereocenters. The largest absolute Gasteiger partial charge is 0.481 e. The van der Waals surface area contributed by atoms with Crippen molar-refractivity contribution in [3.8, 4) is 6.07 Å². The molecule has 1 saturated carbocycles. The van der Waals surface area contributed by atoms with Gasteiger partial charge in [-0.1, -0.05) is 0 Å². The summed E-state index contributed by atoms with van der Waals surface area (Å²) >= 11 is 0. The first-order valence-corrected chi connectivity index (χ1v) is 5.39. The number of nitrogens with one attached hydrogen (secondary N) is 1. The van der Waals surface area contributed by atoms with Crippen LogP contribution >= 0.6 is 0 Å². The highest BCUT2D eigenvalue weighted by Crippen LogP contribution is 2.35. The SMILES string of the molecule is N#Cc1cnc(NC(CC(=O)O)C2CC2)cn1. The quantitative estimate of drug-likeness (QED) is 0.786. The van der Waals surface area contributed by atoms with E-state index in [1.54, 1.807) is 0 Å². The van der Waals surface area contributed by atoms with Crippen LogP contribution < -0.4 is 5.32 Å². The molecule has 2 rings (SSSR count). The number of carboxylic acids is 1. The van der Waals surface area contributed by atoms with Crippen molar-refractivity contribution in [2.24, 2.45) is 5.92 Å². The van der Waals surface area contributed by atoms with Crippen molar-refractivity contribution in [3.05, 3.63) is 18.1 Å². The molecular formula is C11H12N4O2. The fourth-order valence-electron chi connectivity index (χ4n) is 1.67. The van der Waals surface area contributed by atoms with Crippen LogP contribution in [0.25, 0.3) is 0 Å². The third kappa shape index (κ3) is 3.14. The van der Waals surface area contributed by atoms with Gasteiger partial charge in [0.2, 0.25) is 0 Å². The highest BCUT2D eigenvalue weighted by molar-refractivity contribution is 5.68. The molecule has 1 aromatic rings. The summed E-state index contributed by atoms with van der Waals surface area (Å²) in [6.07, 6.45) is 5.00. The minimum Gasteiger partial charge on any atom is -0.481 e. The summed E-state index contributed by atoms with van der Waals surface area (Å²) in [6.45, 7) is 0. The van der Waals surface area contributed by atoms with E-state index in [1.807, 2.05) is 6.07 Å². The Kier molecular flexibility index (Phi) is 3.19. The number of hydrogen-bond donors (Lipinski definition) is 2. The highest BCUT2D eigenvalue weighted by Gasteiger charge is 2.32. The van der Waals surface area contributed by atoms with Crippen molar-refractivity contribution >= 4 is 11.8 Å². The molecule has 0 aliphatic heterocycles. The third-order valence-corrected chi connectivity index (χ3v) is 2.69. The molecule has 1 heterocycles. The van der Waals surface area contributed by atoms with Crippen LogP contribution in [0.3, 0.4) is 0 Å². The van der Waals surface area contributed by atoms with Gasteiger partial charge in [0.15, 0.2) is 5.69 Å². The Morgan fingerprint density at radius 2 is 2.35 bits per heavy atom. The van der Waals surface area contributed by atoms with E-state index in [1.165, 1.54) is 12.4 Å². The summed E-state index contributed by atoms with van der Waals surface area (Å²) in [5, 5.41) is 20.4. The topological polar surface area (TPSA) is 98.9 Å². The van der Waals surface area contributed by atoms with E-state index in [0.717, 1.165) is 12.8 Å². The van der Waals surface area contributed by atoms with Gasteiger partial charge in [-0.05, 0) is 18.8 Å². The van der Waals surface area contributed by atoms with Crippen molar-refractivity contribution in [2.75, 3.05) is 5.32 Å². The number of carbonyl (C=O) groups is 1. The van der Waals surface area contributed by atoms with E-state index in [0.29, 0.717) is 11.7 Å². The number of carboxylic acid groups (broad SMARTS) is 1. The summed E-state index contributed by atoms with van der Waals surface area (Å²) in [7, 11) is 0. The number of hydrogen-bond acceptors (Lipinski definition) is 5. The summed E-state index contributed by atoms with van der Waals surface area (Å²) in [6, 6.07) is 1.78. The van der Waals surface area contributed by atoms with Crippen LogP contribution in [0.4, 0.5) is 5.82 Å². The summed E-state index contributed by atoms with van der Waals surface area (Å²) in [5.74, 6) is 0.0988. The first-order chi connectivity index (χ1) is 8.19. The Balaban J connectivity index is 2.01. The Bertz CT molecular complexity index is 448. The molecule has 0 spiro atoms. The molecule has 1 aliphatic rings. The normalized spacial score (nSPS) is 15.9. The number of nitrogens with zero attached hydrogens (tertiary/aromatic N) is 3. The maximum atomic E-state index is 10.7. The Morgan fingerprint density at radius 3 is 2.82 bits per heavy atom. The van der Waals surface area contributed by atoms with Crippen molar-refractivity contribution in [2.45, 2.75) is 25.3 Å². The van der Waals surface area contributed by atoms with Crippen LogP contribution in [0, 0.1) is 17.2 Å². The molecule has 6 heteroatoms. The monoisotopic (exact) mass is 232 g/mol. The minimum absolute atomic E-state index is 0.0757. The minimum atomic E-state index is -0.823. The van der Waals surface area contributed by atoms with Crippen molar-refractivity contribution in [1.29, 1.82) is 5.26 Å². The second kappa shape index (κ2) is 4.78. The lowest BCUT2D eigenvalue weighted by atomic mass is 10.1. The predicted molar refractivity (Wildman–Crippen MR) is 59.1 cm³/mol. The van der Waals surface area contributed by atoms with Crippen molar-refractivity contribution in [1.82, 2.24) is 9.97 Å². The predicted octanol–water partition coefficient (Wildman–Crippen LogP) is 1.01. The van der Waals surface area contributed by atoms with E-state index in [-0.39, 0.29) is 18.2 Å². The average molecular weight is 232 g/mol. The van der Waals surface area contributed by atoms with Gasteiger partial charge in [-0.2, -0.15) is 5.26 Å². The van der Waals surface area contributed by atoms with Crippen LogP contribution in [0.5, 0.6) is 0 Å². The van der Waals surface area contributed by atoms with Crippen LogP contribution in [-0.2, 0) is 4.79 Å². The van der Waals surface area contributed by atoms with E-state index < -0.39 is 5.97 Å². The molecule has 17 heavy (non-hydrogen) atoms. The van der Waals surface area contributed by atoms with Crippen LogP contribution in [0.15, 0.2) is 12.4 Å². The van der Waals surface area contributed by atoms with Gasteiger partial charge < -0.3 is 10.4 Å². The molecule has 1 fully saturated rings. The average Bonchev–Trinajstić information content (AvgIpc) is 3.12. The van der Waals surface area contributed by atoms with Gasteiger partial charge in [0.1, 0.15) is 11.9 Å². The molecule has 1 unspecified atom stereocenters. The first-order valence-electron chi connectivity index (χ1n) is 5.39. The zero-order valence-corrected chi connectivity index (χ0v) is 9.13. The van der Waals surface area contributed by atoms with E-state index in [4.69, 9.17) is 10.4 Å². The van der Waals surface area contributed by atoms with Crippen molar-refractivity contribution in [3.63, 3.8) is 0 Å². The standard InChI is InChI=1S/C11H12N4O2/c12-4-8-5-14-10(6-13-8)15-9(3-11(16)17)7-1-2-7/h5-7,9H,1-3H2,(H,14,15)(H,16,17). The molecular weight excluding hydrogens is 220 g/mol. The van der Waals surface area contributed by atoms with Crippen LogP contribution in [0.2, 0.25) is 0 Å². The Labute approximate surface area is 98.3 Å². The van der Waals surface area contributed by atoms with E-state index in [9.17, 15) is 4.79 Å². The number of aliphatic carboxylic acids is 1. The molecule has 1 aliphatic carbocycles. The highest BCUT2D eigenvalue weighted by atomic mass is 16.4. The number of nitriles is 1. The van der Waals surface area contributed by atoms with Crippen LogP contribution in [-0.4, -0.2) is 27.1 Å². The molecule has 88 valence electrons. The van der Waals surface area contributed by atoms with Gasteiger partial charge in [0.05, 0.1) is 18.8 Å². The van der Waals surface area contributed by atoms with Crippen LogP contribution in [0.1, 0.15) is 25.0 Å². The Hall–Kier alpha value is -2.16. The molecule has 0 bridgehead atoms. The second-order valence-corrected chi connectivity index (χ2v) is 4.08. The second-order valence-electron chi connectivity index (χ2n) is 4.08. The number of rotatable bonds is 5. The van der Waals surface area contributed by atoms with Gasteiger partial charge in [-0.3, -0.25) is 4.79 Å². The van der Waals surface area contributed by atoms with Gasteiger partial charge >= 0.3 is 5.97 Å². The molecule has 0 aromatic carbocycles. The van der Waals surface area contributed by atoms with Gasteiger partial charge in [-0.25, -0.2) is 9.97 Å². The van der Waals surface area contributed by atoms with Gasteiger partial charge in [0.25, 0.3) is 0 Å². The van der Waals surface area contributed by atoms with E-state index in [2.05, 4.69) is 15.3 Å². The smallest absolute Gasteiger partial charge is 0.305 e. The number of aromatic nitrogens is 2. The lowest BCUT2D eigenvalue weighted by Gasteiger charge is -2.16. The number of anilines is 1. The summed E-state index contributed by atoms with van der Waals surface area (Å²) in [5.41, 5.74) is 0.247. The molecule has 0 amide bonds. The fraction of sp³-hybridized carbons (Fsp3) is 0.455. The molecule has 0 saturated heterocycles. The zero-order chi connectivity index (χ0) is 12.3. The molecule has 1 aromatic heterocycles.